The van der Waals surface area contributed by atoms with E-state index in [1.165, 1.54) is 24.2 Å². The number of thiophene rings is 1. The van der Waals surface area contributed by atoms with Gasteiger partial charge < -0.3 is 14.8 Å². The molecule has 2 fully saturated rings. The molecule has 1 unspecified atom stereocenters. The molecule has 4 rings (SSSR count). The van der Waals surface area contributed by atoms with Gasteiger partial charge in [-0.25, -0.2) is 0 Å². The third kappa shape index (κ3) is 4.22. The zero-order valence-corrected chi connectivity index (χ0v) is 18.4. The molecule has 1 saturated carbocycles. The maximum atomic E-state index is 13.2. The lowest BCUT2D eigenvalue weighted by Gasteiger charge is -2.32. The van der Waals surface area contributed by atoms with Gasteiger partial charge in [-0.1, -0.05) is 20.8 Å². The number of carbonyl (C=O) groups excluding carboxylic acids is 2. The SMILES string of the molecule is Cc1cc(NC(=O)C(C)(C)C)sc1C(=O)N1CCCC(c2nncn2C2CC2)C1. The van der Waals surface area contributed by atoms with E-state index in [4.69, 9.17) is 0 Å². The number of carbonyl (C=O) groups is 2. The molecule has 1 saturated heterocycles. The van der Waals surface area contributed by atoms with E-state index in [0.29, 0.717) is 17.5 Å². The second-order valence-electron chi connectivity index (χ2n) is 9.24. The molecular weight excluding hydrogens is 386 g/mol. The molecule has 2 aromatic rings. The van der Waals surface area contributed by atoms with E-state index in [0.717, 1.165) is 35.8 Å². The standard InChI is InChI=1S/C21H29N5O2S/c1-13-10-16(23-20(28)21(2,3)4)29-17(13)19(27)25-9-5-6-14(11-25)18-24-22-12-26(18)15-7-8-15/h10,12,14-15H,5-9,11H2,1-4H3,(H,23,28). The highest BCUT2D eigenvalue weighted by molar-refractivity contribution is 7.18. The van der Waals surface area contributed by atoms with Crippen molar-refractivity contribution in [2.45, 2.75) is 65.3 Å². The van der Waals surface area contributed by atoms with E-state index in [2.05, 4.69) is 20.1 Å². The normalized spacial score (nSPS) is 20.0. The molecule has 2 amide bonds. The van der Waals surface area contributed by atoms with Crippen LogP contribution in [0, 0.1) is 12.3 Å². The van der Waals surface area contributed by atoms with Crippen LogP contribution in [0.15, 0.2) is 12.4 Å². The summed E-state index contributed by atoms with van der Waals surface area (Å²) in [6.45, 7) is 9.00. The summed E-state index contributed by atoms with van der Waals surface area (Å²) in [6.07, 6.45) is 6.22. The average molecular weight is 416 g/mol. The van der Waals surface area contributed by atoms with Crippen LogP contribution >= 0.6 is 11.3 Å². The summed E-state index contributed by atoms with van der Waals surface area (Å²) in [7, 11) is 0. The Hall–Kier alpha value is -2.22. The second-order valence-corrected chi connectivity index (χ2v) is 10.3. The van der Waals surface area contributed by atoms with Crippen LogP contribution in [0.4, 0.5) is 5.00 Å². The summed E-state index contributed by atoms with van der Waals surface area (Å²) >= 11 is 1.37. The van der Waals surface area contributed by atoms with Gasteiger partial charge in [0.05, 0.1) is 9.88 Å². The van der Waals surface area contributed by atoms with Crippen LogP contribution in [0.3, 0.4) is 0 Å². The van der Waals surface area contributed by atoms with Crippen molar-refractivity contribution in [1.29, 1.82) is 0 Å². The van der Waals surface area contributed by atoms with Crippen molar-refractivity contribution in [2.75, 3.05) is 18.4 Å². The van der Waals surface area contributed by atoms with Crippen molar-refractivity contribution < 1.29 is 9.59 Å². The number of aromatic nitrogens is 3. The highest BCUT2D eigenvalue weighted by atomic mass is 32.1. The first kappa shape index (κ1) is 20.1. The third-order valence-electron chi connectivity index (χ3n) is 5.64. The Morgan fingerprint density at radius 3 is 2.69 bits per heavy atom. The van der Waals surface area contributed by atoms with Crippen LogP contribution in [-0.4, -0.2) is 44.6 Å². The molecule has 7 nitrogen and oxygen atoms in total. The molecule has 1 aliphatic heterocycles. The summed E-state index contributed by atoms with van der Waals surface area (Å²) in [5, 5.41) is 12.2. The smallest absolute Gasteiger partial charge is 0.264 e. The zero-order valence-electron chi connectivity index (χ0n) is 17.6. The first-order valence-electron chi connectivity index (χ1n) is 10.3. The summed E-state index contributed by atoms with van der Waals surface area (Å²) in [5.41, 5.74) is 0.437. The van der Waals surface area contributed by atoms with Gasteiger partial charge in [-0.15, -0.1) is 21.5 Å². The van der Waals surface area contributed by atoms with E-state index in [-0.39, 0.29) is 17.7 Å². The first-order valence-corrected chi connectivity index (χ1v) is 11.2. The minimum atomic E-state index is -0.473. The number of likely N-dealkylation sites (tertiary alicyclic amines) is 1. The van der Waals surface area contributed by atoms with Crippen LogP contribution in [0.1, 0.15) is 79.5 Å². The summed E-state index contributed by atoms with van der Waals surface area (Å²) < 4.78 is 2.20. The Labute approximate surface area is 175 Å². The van der Waals surface area contributed by atoms with Crippen LogP contribution in [0.25, 0.3) is 0 Å². The summed E-state index contributed by atoms with van der Waals surface area (Å²) in [5.74, 6) is 1.25. The van der Waals surface area contributed by atoms with Crippen LogP contribution < -0.4 is 5.32 Å². The minimum absolute atomic E-state index is 0.0461. The van der Waals surface area contributed by atoms with Gasteiger partial charge in [-0.05, 0) is 44.2 Å². The molecule has 1 aliphatic carbocycles. The molecule has 2 aromatic heterocycles. The predicted octanol–water partition coefficient (Wildman–Crippen LogP) is 3.99. The number of hydrogen-bond acceptors (Lipinski definition) is 5. The van der Waals surface area contributed by atoms with Gasteiger partial charge in [0.1, 0.15) is 12.2 Å². The van der Waals surface area contributed by atoms with Crippen molar-refractivity contribution in [1.82, 2.24) is 19.7 Å². The number of amides is 2. The maximum absolute atomic E-state index is 13.2. The zero-order chi connectivity index (χ0) is 20.8. The highest BCUT2D eigenvalue weighted by Crippen LogP contribution is 2.38. The lowest BCUT2D eigenvalue weighted by Crippen LogP contribution is -2.39. The molecule has 156 valence electrons. The van der Waals surface area contributed by atoms with E-state index in [1.807, 2.05) is 45.0 Å². The van der Waals surface area contributed by atoms with E-state index in [9.17, 15) is 9.59 Å². The van der Waals surface area contributed by atoms with Gasteiger partial charge in [-0.2, -0.15) is 0 Å². The van der Waals surface area contributed by atoms with Crippen molar-refractivity contribution in [3.05, 3.63) is 28.7 Å². The van der Waals surface area contributed by atoms with E-state index < -0.39 is 5.41 Å². The van der Waals surface area contributed by atoms with Crippen LogP contribution in [-0.2, 0) is 4.79 Å². The topological polar surface area (TPSA) is 80.1 Å². The number of rotatable bonds is 4. The largest absolute Gasteiger partial charge is 0.337 e. The molecule has 0 bridgehead atoms. The van der Waals surface area contributed by atoms with Gasteiger partial charge in [0, 0.05) is 30.5 Å². The molecule has 1 atom stereocenters. The maximum Gasteiger partial charge on any atom is 0.264 e. The van der Waals surface area contributed by atoms with Crippen LogP contribution in [0.2, 0.25) is 0 Å². The quantitative estimate of drug-likeness (QED) is 0.819. The number of anilines is 1. The lowest BCUT2D eigenvalue weighted by molar-refractivity contribution is -0.123. The number of nitrogens with one attached hydrogen (secondary N) is 1. The number of aryl methyl sites for hydroxylation is 1. The van der Waals surface area contributed by atoms with Gasteiger partial charge in [-0.3, -0.25) is 9.59 Å². The summed E-state index contributed by atoms with van der Waals surface area (Å²) in [6, 6.07) is 2.44. The van der Waals surface area contributed by atoms with Crippen molar-refractivity contribution >= 4 is 28.2 Å². The van der Waals surface area contributed by atoms with Crippen molar-refractivity contribution in [3.63, 3.8) is 0 Å². The van der Waals surface area contributed by atoms with Gasteiger partial charge in [0.15, 0.2) is 0 Å². The monoisotopic (exact) mass is 415 g/mol. The molecule has 2 aliphatic rings. The Morgan fingerprint density at radius 1 is 1.24 bits per heavy atom. The Bertz CT molecular complexity index is 922. The Balaban J connectivity index is 1.48. The fourth-order valence-corrected chi connectivity index (χ4v) is 4.78. The molecule has 0 radical (unpaired) electrons. The molecular formula is C21H29N5O2S. The fraction of sp³-hybridized carbons (Fsp3) is 0.619. The average Bonchev–Trinajstić information content (AvgIpc) is 3.28. The molecule has 0 aromatic carbocycles. The number of piperidine rings is 1. The molecule has 1 N–H and O–H groups in total. The van der Waals surface area contributed by atoms with Crippen LogP contribution in [0.5, 0.6) is 0 Å². The first-order chi connectivity index (χ1) is 13.7. The molecule has 0 spiro atoms. The minimum Gasteiger partial charge on any atom is -0.337 e. The molecule has 8 heteroatoms. The van der Waals surface area contributed by atoms with Crippen molar-refractivity contribution in [3.8, 4) is 0 Å². The molecule has 29 heavy (non-hydrogen) atoms. The van der Waals surface area contributed by atoms with Crippen molar-refractivity contribution in [2.24, 2.45) is 5.41 Å². The lowest BCUT2D eigenvalue weighted by atomic mass is 9.96. The fourth-order valence-electron chi connectivity index (χ4n) is 3.75. The number of nitrogens with zero attached hydrogens (tertiary/aromatic N) is 4. The predicted molar refractivity (Wildman–Crippen MR) is 113 cm³/mol. The van der Waals surface area contributed by atoms with E-state index >= 15 is 0 Å². The molecule has 3 heterocycles. The Morgan fingerprint density at radius 2 is 2.00 bits per heavy atom. The second kappa shape index (κ2) is 7.55. The third-order valence-corrected chi connectivity index (χ3v) is 6.79. The summed E-state index contributed by atoms with van der Waals surface area (Å²) in [4.78, 5) is 28.2. The van der Waals surface area contributed by atoms with E-state index in [1.54, 1.807) is 0 Å². The Kier molecular flexibility index (Phi) is 5.23. The highest BCUT2D eigenvalue weighted by Gasteiger charge is 2.33. The van der Waals surface area contributed by atoms with Gasteiger partial charge in [0.2, 0.25) is 5.91 Å². The number of hydrogen-bond donors (Lipinski definition) is 1. The van der Waals surface area contributed by atoms with Gasteiger partial charge >= 0.3 is 0 Å². The van der Waals surface area contributed by atoms with Gasteiger partial charge in [0.25, 0.3) is 5.91 Å².